The molecule has 0 aliphatic carbocycles. The highest BCUT2D eigenvalue weighted by Crippen LogP contribution is 2.31. The highest BCUT2D eigenvalue weighted by Gasteiger charge is 2.33. The van der Waals surface area contributed by atoms with Crippen molar-refractivity contribution in [1.82, 2.24) is 24.4 Å². The lowest BCUT2D eigenvalue weighted by molar-refractivity contribution is -0.135. The average molecular weight is 341 g/mol. The summed E-state index contributed by atoms with van der Waals surface area (Å²) in [5.41, 5.74) is 0.870. The number of hydrogen-bond donors (Lipinski definition) is 0. The van der Waals surface area contributed by atoms with Crippen LogP contribution in [0.4, 0.5) is 0 Å². The molecule has 1 amide bonds. The number of rotatable bonds is 3. The third-order valence-electron chi connectivity index (χ3n) is 5.56. The van der Waals surface area contributed by atoms with E-state index in [4.69, 9.17) is 0 Å². The Morgan fingerprint density at radius 1 is 1.20 bits per heavy atom. The Balaban J connectivity index is 1.49. The summed E-state index contributed by atoms with van der Waals surface area (Å²) in [5.74, 6) is 2.42. The second-order valence-corrected chi connectivity index (χ2v) is 7.86. The van der Waals surface area contributed by atoms with E-state index < -0.39 is 0 Å². The Hall–Kier alpha value is -1.95. The van der Waals surface area contributed by atoms with Crippen molar-refractivity contribution in [1.29, 1.82) is 0 Å². The topological polar surface area (TPSA) is 53.7 Å². The van der Waals surface area contributed by atoms with Crippen LogP contribution < -0.4 is 0 Å². The molecule has 2 aromatic rings. The summed E-state index contributed by atoms with van der Waals surface area (Å²) in [7, 11) is 0. The molecule has 4 heterocycles. The first-order valence-electron chi connectivity index (χ1n) is 9.43. The lowest BCUT2D eigenvalue weighted by Crippen LogP contribution is -2.47. The Bertz CT molecular complexity index is 747. The molecule has 0 spiro atoms. The number of aromatic nitrogens is 3. The normalized spacial score (nSPS) is 27.9. The van der Waals surface area contributed by atoms with E-state index in [1.165, 1.54) is 6.42 Å². The van der Waals surface area contributed by atoms with Crippen LogP contribution in [0.2, 0.25) is 0 Å². The molecule has 4 rings (SSSR count). The van der Waals surface area contributed by atoms with Gasteiger partial charge in [-0.05, 0) is 49.8 Å². The minimum Gasteiger partial charge on any atom is -0.341 e. The molecule has 2 aliphatic rings. The lowest BCUT2D eigenvalue weighted by atomic mass is 9.92. The molecule has 0 saturated carbocycles. The Morgan fingerprint density at radius 2 is 2.00 bits per heavy atom. The van der Waals surface area contributed by atoms with Crippen LogP contribution in [0.15, 0.2) is 24.4 Å². The Kier molecular flexibility index (Phi) is 4.46. The van der Waals surface area contributed by atoms with E-state index in [0.717, 1.165) is 43.9 Å². The van der Waals surface area contributed by atoms with Gasteiger partial charge in [0.25, 0.3) is 0 Å². The molecule has 3 atom stereocenters. The van der Waals surface area contributed by atoms with Gasteiger partial charge >= 0.3 is 0 Å². The van der Waals surface area contributed by atoms with E-state index in [-0.39, 0.29) is 11.9 Å². The van der Waals surface area contributed by atoms with Crippen molar-refractivity contribution >= 4 is 11.6 Å². The van der Waals surface area contributed by atoms with Gasteiger partial charge in [-0.15, -0.1) is 10.2 Å². The summed E-state index contributed by atoms with van der Waals surface area (Å²) in [4.78, 5) is 17.2. The summed E-state index contributed by atoms with van der Waals surface area (Å²) in [6.45, 7) is 7.74. The van der Waals surface area contributed by atoms with Gasteiger partial charge in [-0.3, -0.25) is 14.1 Å². The molecule has 6 nitrogen and oxygen atoms in total. The van der Waals surface area contributed by atoms with E-state index in [2.05, 4.69) is 38.2 Å². The van der Waals surface area contributed by atoms with Gasteiger partial charge in [0, 0.05) is 19.3 Å². The number of hydrogen-bond acceptors (Lipinski definition) is 4. The number of carbonyl (C=O) groups excluding carboxylic acids is 1. The van der Waals surface area contributed by atoms with Gasteiger partial charge in [-0.1, -0.05) is 19.9 Å². The fraction of sp³-hybridized carbons (Fsp3) is 0.632. The number of likely N-dealkylation sites (tertiary alicyclic amines) is 2. The van der Waals surface area contributed by atoms with Crippen LogP contribution in [0.25, 0.3) is 5.65 Å². The molecule has 6 heteroatoms. The van der Waals surface area contributed by atoms with Crippen molar-refractivity contribution in [3.63, 3.8) is 0 Å². The van der Waals surface area contributed by atoms with Gasteiger partial charge in [-0.2, -0.15) is 0 Å². The van der Waals surface area contributed by atoms with E-state index in [1.54, 1.807) is 0 Å². The zero-order chi connectivity index (χ0) is 17.4. The zero-order valence-electron chi connectivity index (χ0n) is 15.1. The van der Waals surface area contributed by atoms with Crippen molar-refractivity contribution in [2.24, 2.45) is 11.8 Å². The summed E-state index contributed by atoms with van der Waals surface area (Å²) in [6.07, 6.45) is 5.38. The van der Waals surface area contributed by atoms with Crippen molar-refractivity contribution in [3.8, 4) is 0 Å². The van der Waals surface area contributed by atoms with Crippen molar-refractivity contribution in [3.05, 3.63) is 30.2 Å². The molecule has 2 aromatic heterocycles. The molecule has 25 heavy (non-hydrogen) atoms. The van der Waals surface area contributed by atoms with Gasteiger partial charge in [0.2, 0.25) is 5.91 Å². The number of carbonyl (C=O) groups is 1. The van der Waals surface area contributed by atoms with Crippen LogP contribution >= 0.6 is 0 Å². The van der Waals surface area contributed by atoms with E-state index in [9.17, 15) is 4.79 Å². The van der Waals surface area contributed by atoms with E-state index in [1.807, 2.05) is 24.4 Å². The summed E-state index contributed by atoms with van der Waals surface area (Å²) < 4.78 is 2.05. The minimum absolute atomic E-state index is 0.181. The first-order chi connectivity index (χ1) is 12.1. The summed E-state index contributed by atoms with van der Waals surface area (Å²) in [6, 6.07) is 6.13. The van der Waals surface area contributed by atoms with Crippen molar-refractivity contribution < 1.29 is 4.79 Å². The van der Waals surface area contributed by atoms with Gasteiger partial charge in [-0.25, -0.2) is 0 Å². The Morgan fingerprint density at radius 3 is 2.80 bits per heavy atom. The van der Waals surface area contributed by atoms with E-state index >= 15 is 0 Å². The predicted molar refractivity (Wildman–Crippen MR) is 96.1 cm³/mol. The second-order valence-electron chi connectivity index (χ2n) is 7.86. The molecular weight excluding hydrogens is 314 g/mol. The Labute approximate surface area is 148 Å². The highest BCUT2D eigenvalue weighted by atomic mass is 16.2. The molecule has 2 aliphatic heterocycles. The fourth-order valence-corrected chi connectivity index (χ4v) is 4.54. The second kappa shape index (κ2) is 6.75. The number of fused-ring (bicyclic) bond motifs is 1. The van der Waals surface area contributed by atoms with Crippen LogP contribution in [-0.4, -0.2) is 56.5 Å². The fourth-order valence-electron chi connectivity index (χ4n) is 4.54. The largest absolute Gasteiger partial charge is 0.341 e. The number of amides is 1. The number of piperidine rings is 1. The van der Waals surface area contributed by atoms with Crippen LogP contribution in [0.3, 0.4) is 0 Å². The van der Waals surface area contributed by atoms with Crippen molar-refractivity contribution in [2.45, 2.75) is 39.2 Å². The maximum Gasteiger partial charge on any atom is 0.236 e. The summed E-state index contributed by atoms with van der Waals surface area (Å²) in [5, 5.41) is 8.70. The van der Waals surface area contributed by atoms with Gasteiger partial charge in [0.1, 0.15) is 0 Å². The molecular formula is C19H27N5O. The first kappa shape index (κ1) is 16.5. The third kappa shape index (κ3) is 3.27. The smallest absolute Gasteiger partial charge is 0.236 e. The third-order valence-corrected chi connectivity index (χ3v) is 5.56. The lowest BCUT2D eigenvalue weighted by Gasteiger charge is -2.36. The first-order valence-corrected chi connectivity index (χ1v) is 9.43. The molecule has 0 bridgehead atoms. The standard InChI is InChI=1S/C19H27N5O/c1-14-10-15(2)12-23(11-14)18(25)13-22-8-5-6-16(22)19-21-20-17-7-3-4-9-24(17)19/h3-4,7,9,14-16H,5-6,8,10-13H2,1-2H3. The molecule has 134 valence electrons. The molecule has 0 aromatic carbocycles. The van der Waals surface area contributed by atoms with Crippen LogP contribution in [0.1, 0.15) is 45.0 Å². The van der Waals surface area contributed by atoms with Crippen LogP contribution in [-0.2, 0) is 4.79 Å². The highest BCUT2D eigenvalue weighted by molar-refractivity contribution is 5.78. The predicted octanol–water partition coefficient (Wildman–Crippen LogP) is 2.37. The van der Waals surface area contributed by atoms with Crippen LogP contribution in [0, 0.1) is 11.8 Å². The molecule has 0 radical (unpaired) electrons. The van der Waals surface area contributed by atoms with Gasteiger partial charge in [0.05, 0.1) is 12.6 Å². The minimum atomic E-state index is 0.181. The monoisotopic (exact) mass is 341 g/mol. The van der Waals surface area contributed by atoms with Crippen molar-refractivity contribution in [2.75, 3.05) is 26.2 Å². The average Bonchev–Trinajstić information content (AvgIpc) is 3.20. The van der Waals surface area contributed by atoms with Gasteiger partial charge in [0.15, 0.2) is 11.5 Å². The quantitative estimate of drug-likeness (QED) is 0.860. The molecule has 2 fully saturated rings. The SMILES string of the molecule is CC1CC(C)CN(C(=O)CN2CCCC2c2nnc3ccccn23)C1. The number of nitrogens with zero attached hydrogens (tertiary/aromatic N) is 5. The molecule has 0 N–H and O–H groups in total. The number of pyridine rings is 1. The summed E-state index contributed by atoms with van der Waals surface area (Å²) >= 11 is 0. The van der Waals surface area contributed by atoms with Crippen LogP contribution in [0.5, 0.6) is 0 Å². The maximum absolute atomic E-state index is 12.9. The molecule has 3 unspecified atom stereocenters. The van der Waals surface area contributed by atoms with Gasteiger partial charge < -0.3 is 4.90 Å². The maximum atomic E-state index is 12.9. The molecule has 2 saturated heterocycles. The zero-order valence-corrected chi connectivity index (χ0v) is 15.1. The van der Waals surface area contributed by atoms with E-state index in [0.29, 0.717) is 18.4 Å².